The van der Waals surface area contributed by atoms with Crippen LogP contribution in [-0.4, -0.2) is 10.0 Å². The molecule has 0 aliphatic heterocycles. The molecule has 0 amide bonds. The molecule has 0 aliphatic carbocycles. The molecule has 6 heteroatoms. The van der Waals surface area contributed by atoms with Crippen molar-refractivity contribution in [2.24, 2.45) is 0 Å². The number of nitrogens with zero attached hydrogens (tertiary/aromatic N) is 1. The van der Waals surface area contributed by atoms with Crippen LogP contribution in [0, 0.1) is 17.0 Å². The number of aryl methyl sites for hydroxylation is 1. The first kappa shape index (κ1) is 14.3. The Morgan fingerprint density at radius 1 is 1.25 bits per heavy atom. The van der Waals surface area contributed by atoms with Gasteiger partial charge in [-0.2, -0.15) is 0 Å². The van der Waals surface area contributed by atoms with Crippen LogP contribution in [0.4, 0.5) is 5.69 Å². The maximum absolute atomic E-state index is 11.0. The SMILES string of the molecule is Cc1cccc([N+](=O)[O-])c1Oc1c(Cl)cccc1CO. The van der Waals surface area contributed by atoms with Crippen LogP contribution in [0.25, 0.3) is 0 Å². The zero-order chi connectivity index (χ0) is 14.7. The molecule has 104 valence electrons. The number of hydrogen-bond donors (Lipinski definition) is 1. The monoisotopic (exact) mass is 293 g/mol. The molecule has 0 saturated carbocycles. The summed E-state index contributed by atoms with van der Waals surface area (Å²) in [7, 11) is 0. The third-order valence-corrected chi connectivity index (χ3v) is 3.11. The van der Waals surface area contributed by atoms with Gasteiger partial charge < -0.3 is 9.84 Å². The Morgan fingerprint density at radius 2 is 1.95 bits per heavy atom. The summed E-state index contributed by atoms with van der Waals surface area (Å²) in [5.74, 6) is 0.356. The highest BCUT2D eigenvalue weighted by Gasteiger charge is 2.20. The van der Waals surface area contributed by atoms with E-state index in [-0.39, 0.29) is 28.8 Å². The van der Waals surface area contributed by atoms with Crippen LogP contribution >= 0.6 is 11.6 Å². The molecule has 0 heterocycles. The summed E-state index contributed by atoms with van der Waals surface area (Å²) in [6, 6.07) is 9.56. The van der Waals surface area contributed by atoms with Crippen molar-refractivity contribution in [2.75, 3.05) is 0 Å². The van der Waals surface area contributed by atoms with Gasteiger partial charge in [-0.1, -0.05) is 35.9 Å². The molecule has 5 nitrogen and oxygen atoms in total. The van der Waals surface area contributed by atoms with Gasteiger partial charge in [0, 0.05) is 11.6 Å². The minimum atomic E-state index is -0.516. The van der Waals surface area contributed by atoms with E-state index in [2.05, 4.69) is 0 Å². The van der Waals surface area contributed by atoms with Gasteiger partial charge in [-0.15, -0.1) is 0 Å². The minimum Gasteiger partial charge on any atom is -0.448 e. The summed E-state index contributed by atoms with van der Waals surface area (Å²) in [6.45, 7) is 1.44. The zero-order valence-electron chi connectivity index (χ0n) is 10.7. The molecule has 0 aromatic heterocycles. The highest BCUT2D eigenvalue weighted by Crippen LogP contribution is 2.39. The fourth-order valence-electron chi connectivity index (χ4n) is 1.81. The molecule has 0 spiro atoms. The normalized spacial score (nSPS) is 10.3. The van der Waals surface area contributed by atoms with Crippen LogP contribution in [0.3, 0.4) is 0 Å². The summed E-state index contributed by atoms with van der Waals surface area (Å²) in [6.07, 6.45) is 0. The second kappa shape index (κ2) is 5.90. The number of halogens is 1. The molecular formula is C14H12ClNO4. The lowest BCUT2D eigenvalue weighted by molar-refractivity contribution is -0.385. The van der Waals surface area contributed by atoms with Crippen LogP contribution in [-0.2, 0) is 6.61 Å². The molecule has 0 aliphatic rings. The van der Waals surface area contributed by atoms with Gasteiger partial charge in [-0.25, -0.2) is 0 Å². The smallest absolute Gasteiger partial charge is 0.311 e. The number of aliphatic hydroxyl groups is 1. The molecule has 1 N–H and O–H groups in total. The fraction of sp³-hybridized carbons (Fsp3) is 0.143. The van der Waals surface area contributed by atoms with E-state index in [0.29, 0.717) is 11.1 Å². The van der Waals surface area contributed by atoms with Gasteiger partial charge in [0.2, 0.25) is 5.75 Å². The van der Waals surface area contributed by atoms with Crippen molar-refractivity contribution in [3.8, 4) is 11.5 Å². The third-order valence-electron chi connectivity index (χ3n) is 2.81. The Bertz CT molecular complexity index is 658. The summed E-state index contributed by atoms with van der Waals surface area (Å²) in [5.41, 5.74) is 0.937. The van der Waals surface area contributed by atoms with Crippen LogP contribution < -0.4 is 4.74 Å². The van der Waals surface area contributed by atoms with Gasteiger partial charge in [-0.05, 0) is 18.6 Å². The van der Waals surface area contributed by atoms with Crippen LogP contribution in [0.15, 0.2) is 36.4 Å². The van der Waals surface area contributed by atoms with Crippen LogP contribution in [0.5, 0.6) is 11.5 Å². The average molecular weight is 294 g/mol. The van der Waals surface area contributed by atoms with Crippen molar-refractivity contribution in [1.82, 2.24) is 0 Å². The van der Waals surface area contributed by atoms with E-state index in [1.165, 1.54) is 6.07 Å². The Balaban J connectivity index is 2.53. The Labute approximate surface area is 120 Å². The summed E-state index contributed by atoms with van der Waals surface area (Å²) in [5, 5.41) is 20.6. The lowest BCUT2D eigenvalue weighted by Gasteiger charge is -2.13. The highest BCUT2D eigenvalue weighted by molar-refractivity contribution is 6.32. The van der Waals surface area contributed by atoms with Gasteiger partial charge in [0.1, 0.15) is 0 Å². The Morgan fingerprint density at radius 3 is 2.60 bits per heavy atom. The highest BCUT2D eigenvalue weighted by atomic mass is 35.5. The Kier molecular flexibility index (Phi) is 4.22. The molecule has 0 unspecified atom stereocenters. The number of hydrogen-bond acceptors (Lipinski definition) is 4. The molecule has 2 aromatic carbocycles. The van der Waals surface area contributed by atoms with E-state index < -0.39 is 4.92 Å². The maximum atomic E-state index is 11.0. The summed E-state index contributed by atoms with van der Waals surface area (Å²) in [4.78, 5) is 10.5. The van der Waals surface area contributed by atoms with Gasteiger partial charge >= 0.3 is 5.69 Å². The molecule has 0 bridgehead atoms. The number of nitro benzene ring substituents is 1. The van der Waals surface area contributed by atoms with Gasteiger partial charge in [-0.3, -0.25) is 10.1 Å². The lowest BCUT2D eigenvalue weighted by atomic mass is 10.1. The van der Waals surface area contributed by atoms with Gasteiger partial charge in [0.05, 0.1) is 16.6 Å². The van der Waals surface area contributed by atoms with Crippen LogP contribution in [0.1, 0.15) is 11.1 Å². The molecule has 0 fully saturated rings. The fourth-order valence-corrected chi connectivity index (χ4v) is 2.04. The van der Waals surface area contributed by atoms with E-state index in [1.807, 2.05) is 0 Å². The number of aliphatic hydroxyl groups excluding tert-OH is 1. The summed E-state index contributed by atoms with van der Waals surface area (Å²) >= 11 is 6.04. The number of nitro groups is 1. The van der Waals surface area contributed by atoms with E-state index in [0.717, 1.165) is 0 Å². The average Bonchev–Trinajstić information content (AvgIpc) is 2.42. The van der Waals surface area contributed by atoms with E-state index in [1.54, 1.807) is 37.3 Å². The lowest BCUT2D eigenvalue weighted by Crippen LogP contribution is -1.98. The van der Waals surface area contributed by atoms with Crippen molar-refractivity contribution in [1.29, 1.82) is 0 Å². The first-order valence-corrected chi connectivity index (χ1v) is 6.22. The minimum absolute atomic E-state index is 0.125. The van der Waals surface area contributed by atoms with E-state index in [9.17, 15) is 15.2 Å². The zero-order valence-corrected chi connectivity index (χ0v) is 11.4. The largest absolute Gasteiger partial charge is 0.448 e. The standard InChI is InChI=1S/C14H12ClNO4/c1-9-4-2-7-12(16(18)19)13(9)20-14-10(8-17)5-3-6-11(14)15/h2-7,17H,8H2,1H3. The molecular weight excluding hydrogens is 282 g/mol. The van der Waals surface area contributed by atoms with E-state index in [4.69, 9.17) is 16.3 Å². The predicted molar refractivity (Wildman–Crippen MR) is 75.3 cm³/mol. The maximum Gasteiger partial charge on any atom is 0.311 e. The van der Waals surface area contributed by atoms with Crippen LogP contribution in [0.2, 0.25) is 5.02 Å². The second-order valence-electron chi connectivity index (χ2n) is 4.17. The molecule has 2 rings (SSSR count). The number of rotatable bonds is 4. The topological polar surface area (TPSA) is 72.6 Å². The molecule has 0 saturated heterocycles. The number of ether oxygens (including phenoxy) is 1. The predicted octanol–water partition coefficient (Wildman–Crippen LogP) is 3.84. The molecule has 2 aromatic rings. The quantitative estimate of drug-likeness (QED) is 0.686. The second-order valence-corrected chi connectivity index (χ2v) is 4.58. The van der Waals surface area contributed by atoms with Crippen molar-refractivity contribution in [3.63, 3.8) is 0 Å². The van der Waals surface area contributed by atoms with Crippen molar-refractivity contribution >= 4 is 17.3 Å². The van der Waals surface area contributed by atoms with Crippen molar-refractivity contribution in [2.45, 2.75) is 13.5 Å². The van der Waals surface area contributed by atoms with Gasteiger partial charge in [0.15, 0.2) is 5.75 Å². The third kappa shape index (κ3) is 2.74. The van der Waals surface area contributed by atoms with E-state index >= 15 is 0 Å². The first-order valence-electron chi connectivity index (χ1n) is 5.84. The first-order chi connectivity index (χ1) is 9.54. The van der Waals surface area contributed by atoms with Crippen molar-refractivity contribution in [3.05, 3.63) is 62.7 Å². The number of para-hydroxylation sites is 2. The summed E-state index contributed by atoms with van der Waals surface area (Å²) < 4.78 is 5.62. The van der Waals surface area contributed by atoms with Gasteiger partial charge in [0.25, 0.3) is 0 Å². The number of benzene rings is 2. The molecule has 0 atom stereocenters. The molecule has 20 heavy (non-hydrogen) atoms. The molecule has 0 radical (unpaired) electrons. The van der Waals surface area contributed by atoms with Crippen molar-refractivity contribution < 1.29 is 14.8 Å². The Hall–Kier alpha value is -2.11.